The van der Waals surface area contributed by atoms with E-state index in [4.69, 9.17) is 0 Å². The number of para-hydroxylation sites is 1. The van der Waals surface area contributed by atoms with Gasteiger partial charge in [-0.05, 0) is 36.4 Å². The molecule has 0 aliphatic carbocycles. The fourth-order valence-corrected chi connectivity index (χ4v) is 4.89. The minimum atomic E-state index is -0.140. The van der Waals surface area contributed by atoms with Crippen LogP contribution < -0.4 is 4.90 Å². The van der Waals surface area contributed by atoms with E-state index in [9.17, 15) is 14.4 Å². The quantitative estimate of drug-likeness (QED) is 0.663. The average molecular weight is 471 g/mol. The van der Waals surface area contributed by atoms with Crippen molar-refractivity contribution in [2.45, 2.75) is 54.0 Å². The number of anilines is 1. The molecule has 1 fully saturated rings. The summed E-state index contributed by atoms with van der Waals surface area (Å²) in [5.74, 6) is 0.951. The Morgan fingerprint density at radius 2 is 1.62 bits per heavy atom. The predicted octanol–water partition coefficient (Wildman–Crippen LogP) is 3.23. The first-order chi connectivity index (χ1) is 16.2. The molecule has 2 heterocycles. The van der Waals surface area contributed by atoms with Crippen LogP contribution >= 0.6 is 0 Å². The molecule has 7 nitrogen and oxygen atoms in total. The van der Waals surface area contributed by atoms with Crippen LogP contribution in [0.25, 0.3) is 0 Å². The van der Waals surface area contributed by atoms with Gasteiger partial charge in [0, 0.05) is 64.8 Å². The molecule has 0 spiro atoms. The van der Waals surface area contributed by atoms with Crippen molar-refractivity contribution in [3.63, 3.8) is 0 Å². The third-order valence-corrected chi connectivity index (χ3v) is 6.68. The first-order valence-electron chi connectivity index (χ1n) is 12.8. The van der Waals surface area contributed by atoms with Crippen molar-refractivity contribution in [1.29, 1.82) is 0 Å². The average Bonchev–Trinajstić information content (AvgIpc) is 2.74. The summed E-state index contributed by atoms with van der Waals surface area (Å²) in [6.45, 7) is 15.6. The Bertz CT molecular complexity index is 863. The van der Waals surface area contributed by atoms with Gasteiger partial charge in [-0.25, -0.2) is 0 Å². The normalized spacial score (nSPS) is 18.5. The Morgan fingerprint density at radius 1 is 0.912 bits per heavy atom. The topological polar surface area (TPSA) is 64.2 Å². The highest BCUT2D eigenvalue weighted by molar-refractivity contribution is 5.94. The summed E-state index contributed by atoms with van der Waals surface area (Å²) < 4.78 is 0. The molecule has 1 saturated heterocycles. The molecule has 0 N–H and O–H groups in total. The van der Waals surface area contributed by atoms with Gasteiger partial charge in [0.05, 0.1) is 5.92 Å². The maximum Gasteiger partial charge on any atom is 0.229 e. The molecule has 188 valence electrons. The minimum Gasteiger partial charge on any atom is -0.341 e. The molecule has 3 rings (SSSR count). The van der Waals surface area contributed by atoms with E-state index >= 15 is 0 Å². The Balaban J connectivity index is 1.89. The number of amides is 3. The van der Waals surface area contributed by atoms with Gasteiger partial charge in [0.2, 0.25) is 17.7 Å². The molecule has 7 heteroatoms. The molecule has 3 amide bonds. The van der Waals surface area contributed by atoms with E-state index in [2.05, 4.69) is 32.6 Å². The smallest absolute Gasteiger partial charge is 0.229 e. The number of carbonyl (C=O) groups excluding carboxylic acids is 3. The molecule has 0 saturated carbocycles. The molecule has 1 aromatic carbocycles. The van der Waals surface area contributed by atoms with Gasteiger partial charge in [0.25, 0.3) is 0 Å². The van der Waals surface area contributed by atoms with Crippen LogP contribution in [0.4, 0.5) is 5.69 Å². The highest BCUT2D eigenvalue weighted by Crippen LogP contribution is 2.27. The maximum atomic E-state index is 13.5. The van der Waals surface area contributed by atoms with Crippen LogP contribution in [0.1, 0.15) is 53.0 Å². The van der Waals surface area contributed by atoms with E-state index < -0.39 is 0 Å². The lowest BCUT2D eigenvalue weighted by atomic mass is 9.97. The number of rotatable bonds is 5. The van der Waals surface area contributed by atoms with E-state index in [1.54, 1.807) is 11.8 Å². The van der Waals surface area contributed by atoms with Crippen LogP contribution in [0, 0.1) is 17.8 Å². The van der Waals surface area contributed by atoms with E-state index in [0.717, 1.165) is 37.3 Å². The number of hydrogen-bond donors (Lipinski definition) is 0. The number of benzene rings is 1. The number of fused-ring (bicyclic) bond motifs is 1. The maximum absolute atomic E-state index is 13.5. The minimum absolute atomic E-state index is 0.0225. The van der Waals surface area contributed by atoms with Crippen LogP contribution in [0.15, 0.2) is 24.3 Å². The molecule has 0 radical (unpaired) electrons. The Hall–Kier alpha value is -2.41. The van der Waals surface area contributed by atoms with E-state index in [1.165, 1.54) is 0 Å². The zero-order valence-electron chi connectivity index (χ0n) is 21.6. The van der Waals surface area contributed by atoms with Crippen molar-refractivity contribution in [3.05, 3.63) is 29.8 Å². The second-order valence-electron chi connectivity index (χ2n) is 10.7. The van der Waals surface area contributed by atoms with Crippen LogP contribution in [-0.4, -0.2) is 78.2 Å². The van der Waals surface area contributed by atoms with Crippen molar-refractivity contribution in [3.8, 4) is 0 Å². The molecule has 0 bridgehead atoms. The van der Waals surface area contributed by atoms with Gasteiger partial charge in [0.15, 0.2) is 0 Å². The Morgan fingerprint density at radius 3 is 2.26 bits per heavy atom. The van der Waals surface area contributed by atoms with Crippen LogP contribution in [-0.2, 0) is 20.9 Å². The molecule has 1 aromatic rings. The molecular formula is C27H42N4O3. The van der Waals surface area contributed by atoms with E-state index in [0.29, 0.717) is 45.1 Å². The Labute approximate surface area is 205 Å². The van der Waals surface area contributed by atoms with Crippen LogP contribution in [0.5, 0.6) is 0 Å². The zero-order valence-corrected chi connectivity index (χ0v) is 21.6. The summed E-state index contributed by atoms with van der Waals surface area (Å²) >= 11 is 0. The molecule has 2 aliphatic rings. The van der Waals surface area contributed by atoms with E-state index in [1.807, 2.05) is 34.1 Å². The second-order valence-corrected chi connectivity index (χ2v) is 10.7. The van der Waals surface area contributed by atoms with Crippen molar-refractivity contribution in [2.24, 2.45) is 17.8 Å². The molecule has 2 aliphatic heterocycles. The number of nitrogens with zero attached hydrogens (tertiary/aromatic N) is 4. The number of carbonyl (C=O) groups is 3. The fraction of sp³-hybridized carbons (Fsp3) is 0.667. The SMILES string of the molecule is CC(=O)N1CC(C(=O)N2CCN(CC(C)C)CCCN(C(=O)CC(C)C)c3ccccc3C2)C1. The highest BCUT2D eigenvalue weighted by atomic mass is 16.2. The molecule has 0 unspecified atom stereocenters. The molecule has 0 aromatic heterocycles. The largest absolute Gasteiger partial charge is 0.341 e. The van der Waals surface area contributed by atoms with Crippen LogP contribution in [0.3, 0.4) is 0 Å². The lowest BCUT2D eigenvalue weighted by Crippen LogP contribution is -2.56. The second kappa shape index (κ2) is 11.8. The lowest BCUT2D eigenvalue weighted by molar-refractivity contribution is -0.148. The fourth-order valence-electron chi connectivity index (χ4n) is 4.89. The third kappa shape index (κ3) is 6.81. The Kier molecular flexibility index (Phi) is 9.11. The molecular weight excluding hydrogens is 428 g/mol. The predicted molar refractivity (Wildman–Crippen MR) is 135 cm³/mol. The van der Waals surface area contributed by atoms with E-state index in [-0.39, 0.29) is 29.6 Å². The van der Waals surface area contributed by atoms with Crippen molar-refractivity contribution in [1.82, 2.24) is 14.7 Å². The standard InChI is InChI=1S/C27H42N4O3/c1-20(2)15-26(33)31-12-8-11-28(16-21(3)4)13-14-29(17-23-9-6-7-10-25(23)31)27(34)24-18-30(19-24)22(5)32/h6-7,9-10,20-21,24H,8,11-19H2,1-5H3. The van der Waals surface area contributed by atoms with Crippen LogP contribution in [0.2, 0.25) is 0 Å². The monoisotopic (exact) mass is 470 g/mol. The van der Waals surface area contributed by atoms with Gasteiger partial charge in [-0.3, -0.25) is 14.4 Å². The summed E-state index contributed by atoms with van der Waals surface area (Å²) in [6, 6.07) is 8.01. The van der Waals surface area contributed by atoms with Crippen molar-refractivity contribution >= 4 is 23.4 Å². The van der Waals surface area contributed by atoms with Crippen molar-refractivity contribution in [2.75, 3.05) is 50.7 Å². The van der Waals surface area contributed by atoms with Gasteiger partial charge in [-0.2, -0.15) is 0 Å². The number of hydrogen-bond acceptors (Lipinski definition) is 4. The summed E-state index contributed by atoms with van der Waals surface area (Å²) in [5.41, 5.74) is 1.93. The summed E-state index contributed by atoms with van der Waals surface area (Å²) in [4.78, 5) is 46.4. The van der Waals surface area contributed by atoms with Gasteiger partial charge >= 0.3 is 0 Å². The summed E-state index contributed by atoms with van der Waals surface area (Å²) in [5, 5.41) is 0. The summed E-state index contributed by atoms with van der Waals surface area (Å²) in [6.07, 6.45) is 1.41. The van der Waals surface area contributed by atoms with Gasteiger partial charge in [-0.15, -0.1) is 0 Å². The van der Waals surface area contributed by atoms with Gasteiger partial charge in [-0.1, -0.05) is 45.9 Å². The molecule has 0 atom stereocenters. The van der Waals surface area contributed by atoms with Crippen molar-refractivity contribution < 1.29 is 14.4 Å². The first-order valence-corrected chi connectivity index (χ1v) is 12.8. The number of likely N-dealkylation sites (tertiary alicyclic amines) is 1. The lowest BCUT2D eigenvalue weighted by Gasteiger charge is -2.40. The highest BCUT2D eigenvalue weighted by Gasteiger charge is 2.37. The molecule has 34 heavy (non-hydrogen) atoms. The first kappa shape index (κ1) is 26.2. The summed E-state index contributed by atoms with van der Waals surface area (Å²) in [7, 11) is 0. The van der Waals surface area contributed by atoms with Gasteiger partial charge in [0.1, 0.15) is 0 Å². The third-order valence-electron chi connectivity index (χ3n) is 6.68. The van der Waals surface area contributed by atoms with Gasteiger partial charge < -0.3 is 19.6 Å². The zero-order chi connectivity index (χ0) is 24.8.